The molecule has 0 fully saturated rings. The molecule has 0 rings (SSSR count). The fraction of sp³-hybridized carbons (Fsp3) is 0.942. The van der Waals surface area contributed by atoms with E-state index in [-0.39, 0.29) is 25.7 Å². The normalized spacial score (nSPS) is 14.5. The van der Waals surface area contributed by atoms with Crippen molar-refractivity contribution in [2.45, 2.75) is 368 Å². The van der Waals surface area contributed by atoms with Crippen LogP contribution in [0.4, 0.5) is 0 Å². The maximum Gasteiger partial charge on any atom is 0.472 e. The van der Waals surface area contributed by atoms with Crippen molar-refractivity contribution in [3.8, 4) is 0 Å². The van der Waals surface area contributed by atoms with Crippen molar-refractivity contribution < 1.29 is 80.2 Å². The van der Waals surface area contributed by atoms with E-state index in [4.69, 9.17) is 37.0 Å². The summed E-state index contributed by atoms with van der Waals surface area (Å²) in [5.41, 5.74) is 0. The standard InChI is InChI=1S/C69H134O17P2/c1-7-10-12-14-16-18-20-22-24-26-28-30-32-41-47-53-68(73)85-64(57-79-66(71)51-45-39-31-29-27-25-23-21-19-17-15-13-11-8-2)59-83-87(75,76)81-55-63(70)56-82-88(77,78)84-60-65(58-80-67(72)52-46-40-35-33-37-43-49-61(4)5)86-69(74)54-48-42-36-34-38-44-50-62(6)9-3/h61-65,70H,7-60H2,1-6H3,(H,75,76)(H,77,78)/t62?,63-,64-,65-/m1/s1. The molecule has 0 aromatic carbocycles. The summed E-state index contributed by atoms with van der Waals surface area (Å²) in [4.78, 5) is 72.4. The Morgan fingerprint density at radius 3 is 0.864 bits per heavy atom. The molecular weight excluding hydrogens is 1160 g/mol. The first-order valence-electron chi connectivity index (χ1n) is 36.0. The minimum absolute atomic E-state index is 0.102. The molecule has 0 aliphatic heterocycles. The summed E-state index contributed by atoms with van der Waals surface area (Å²) in [6, 6.07) is 0. The van der Waals surface area contributed by atoms with E-state index in [1.807, 2.05) is 0 Å². The number of phosphoric acid groups is 2. The molecule has 17 nitrogen and oxygen atoms in total. The van der Waals surface area contributed by atoms with Gasteiger partial charge in [0.25, 0.3) is 0 Å². The number of aliphatic hydroxyl groups is 1. The van der Waals surface area contributed by atoms with Crippen molar-refractivity contribution >= 4 is 39.5 Å². The largest absolute Gasteiger partial charge is 0.472 e. The molecule has 19 heteroatoms. The lowest BCUT2D eigenvalue weighted by Gasteiger charge is -2.21. The number of carbonyl (C=O) groups is 4. The molecule has 0 spiro atoms. The van der Waals surface area contributed by atoms with Crippen LogP contribution < -0.4 is 0 Å². The third-order valence-corrected chi connectivity index (χ3v) is 18.2. The molecule has 3 unspecified atom stereocenters. The number of carbonyl (C=O) groups excluding carboxylic acids is 4. The molecule has 0 heterocycles. The van der Waals surface area contributed by atoms with Gasteiger partial charge in [-0.1, -0.05) is 298 Å². The van der Waals surface area contributed by atoms with Gasteiger partial charge in [-0.2, -0.15) is 0 Å². The molecule has 0 saturated heterocycles. The zero-order chi connectivity index (χ0) is 65.0. The predicted octanol–water partition coefficient (Wildman–Crippen LogP) is 19.6. The number of hydrogen-bond donors (Lipinski definition) is 3. The van der Waals surface area contributed by atoms with Crippen LogP contribution in [0.2, 0.25) is 0 Å². The van der Waals surface area contributed by atoms with E-state index in [9.17, 15) is 43.2 Å². The summed E-state index contributed by atoms with van der Waals surface area (Å²) >= 11 is 0. The summed E-state index contributed by atoms with van der Waals surface area (Å²) in [5.74, 6) is -0.729. The number of ether oxygens (including phenoxy) is 4. The van der Waals surface area contributed by atoms with Crippen molar-refractivity contribution in [3.63, 3.8) is 0 Å². The van der Waals surface area contributed by atoms with E-state index in [2.05, 4.69) is 41.5 Å². The molecule has 0 bridgehead atoms. The molecule has 3 N–H and O–H groups in total. The monoisotopic (exact) mass is 1300 g/mol. The van der Waals surface area contributed by atoms with Crippen LogP contribution in [0.5, 0.6) is 0 Å². The summed E-state index contributed by atoms with van der Waals surface area (Å²) in [6.07, 6.45) is 46.0. The third kappa shape index (κ3) is 61.6. The first-order chi connectivity index (χ1) is 42.4. The quantitative estimate of drug-likeness (QED) is 0.0222. The number of phosphoric ester groups is 2. The molecule has 0 radical (unpaired) electrons. The fourth-order valence-electron chi connectivity index (χ4n) is 10.4. The number of rotatable bonds is 68. The van der Waals surface area contributed by atoms with E-state index in [1.165, 1.54) is 161 Å². The number of unbranched alkanes of at least 4 members (excludes halogenated alkanes) is 37. The lowest BCUT2D eigenvalue weighted by molar-refractivity contribution is -0.161. The Bertz CT molecular complexity index is 1720. The number of aliphatic hydroxyl groups excluding tert-OH is 1. The van der Waals surface area contributed by atoms with Gasteiger partial charge in [-0.15, -0.1) is 0 Å². The zero-order valence-electron chi connectivity index (χ0n) is 57.0. The van der Waals surface area contributed by atoms with E-state index >= 15 is 0 Å². The Morgan fingerprint density at radius 1 is 0.330 bits per heavy atom. The summed E-state index contributed by atoms with van der Waals surface area (Å²) < 4.78 is 68.2. The second kappa shape index (κ2) is 61.3. The van der Waals surface area contributed by atoms with Gasteiger partial charge in [-0.05, 0) is 37.5 Å². The highest BCUT2D eigenvalue weighted by atomic mass is 31.2. The van der Waals surface area contributed by atoms with Crippen LogP contribution in [0.25, 0.3) is 0 Å². The molecule has 88 heavy (non-hydrogen) atoms. The zero-order valence-corrected chi connectivity index (χ0v) is 58.8. The maximum atomic E-state index is 13.0. The average molecular weight is 1300 g/mol. The molecule has 522 valence electrons. The molecule has 0 aliphatic carbocycles. The minimum Gasteiger partial charge on any atom is -0.462 e. The van der Waals surface area contributed by atoms with E-state index in [1.54, 1.807) is 0 Å². The van der Waals surface area contributed by atoms with Gasteiger partial charge in [0.05, 0.1) is 26.4 Å². The van der Waals surface area contributed by atoms with Gasteiger partial charge in [0.15, 0.2) is 12.2 Å². The van der Waals surface area contributed by atoms with Crippen LogP contribution in [0.1, 0.15) is 350 Å². The third-order valence-electron chi connectivity index (χ3n) is 16.3. The lowest BCUT2D eigenvalue weighted by Crippen LogP contribution is -2.30. The van der Waals surface area contributed by atoms with Gasteiger partial charge < -0.3 is 33.8 Å². The van der Waals surface area contributed by atoms with E-state index < -0.39 is 97.5 Å². The number of esters is 4. The Kier molecular flexibility index (Phi) is 59.9. The summed E-state index contributed by atoms with van der Waals surface area (Å²) in [6.45, 7) is 9.41. The Hall–Kier alpha value is -1.94. The Morgan fingerprint density at radius 2 is 0.580 bits per heavy atom. The van der Waals surface area contributed by atoms with Gasteiger partial charge in [0.1, 0.15) is 19.3 Å². The highest BCUT2D eigenvalue weighted by molar-refractivity contribution is 7.47. The SMILES string of the molecule is CCCCCCCCCCCCCCCCCC(=O)O[C@H](COC(=O)CCCCCCCCCCCCCCCC)COP(=O)(O)OC[C@@H](O)COP(=O)(O)OC[C@@H](COC(=O)CCCCCCCCC(C)C)OC(=O)CCCCCCCCC(C)CC. The van der Waals surface area contributed by atoms with Crippen LogP contribution in [-0.4, -0.2) is 96.7 Å². The van der Waals surface area contributed by atoms with Crippen molar-refractivity contribution in [1.82, 2.24) is 0 Å². The second-order valence-corrected chi connectivity index (χ2v) is 28.5. The van der Waals surface area contributed by atoms with Crippen molar-refractivity contribution in [2.75, 3.05) is 39.6 Å². The van der Waals surface area contributed by atoms with Crippen molar-refractivity contribution in [2.24, 2.45) is 11.8 Å². The van der Waals surface area contributed by atoms with Crippen LogP contribution >= 0.6 is 15.6 Å². The summed E-state index contributed by atoms with van der Waals surface area (Å²) in [7, 11) is -9.90. The topological polar surface area (TPSA) is 237 Å². The molecule has 0 aromatic rings. The number of hydrogen-bond acceptors (Lipinski definition) is 15. The fourth-order valence-corrected chi connectivity index (χ4v) is 12.0. The summed E-state index contributed by atoms with van der Waals surface area (Å²) in [5, 5.41) is 10.6. The Balaban J connectivity index is 5.24. The van der Waals surface area contributed by atoms with Gasteiger partial charge in [-0.3, -0.25) is 37.3 Å². The second-order valence-electron chi connectivity index (χ2n) is 25.6. The van der Waals surface area contributed by atoms with Crippen LogP contribution in [0.15, 0.2) is 0 Å². The van der Waals surface area contributed by atoms with Gasteiger partial charge >= 0.3 is 39.5 Å². The molecule has 0 aliphatic rings. The molecule has 0 amide bonds. The van der Waals surface area contributed by atoms with Crippen molar-refractivity contribution in [1.29, 1.82) is 0 Å². The van der Waals surface area contributed by atoms with Crippen LogP contribution in [0, 0.1) is 11.8 Å². The van der Waals surface area contributed by atoms with Gasteiger partial charge in [0.2, 0.25) is 0 Å². The molecular formula is C69H134O17P2. The smallest absolute Gasteiger partial charge is 0.462 e. The highest BCUT2D eigenvalue weighted by Crippen LogP contribution is 2.45. The lowest BCUT2D eigenvalue weighted by atomic mass is 10.00. The van der Waals surface area contributed by atoms with Crippen molar-refractivity contribution in [3.05, 3.63) is 0 Å². The molecule has 6 atom stereocenters. The van der Waals surface area contributed by atoms with E-state index in [0.29, 0.717) is 31.6 Å². The van der Waals surface area contributed by atoms with Gasteiger partial charge in [0, 0.05) is 25.7 Å². The molecule has 0 saturated carbocycles. The highest BCUT2D eigenvalue weighted by Gasteiger charge is 2.30. The van der Waals surface area contributed by atoms with Crippen LogP contribution in [0.3, 0.4) is 0 Å². The first kappa shape index (κ1) is 86.1. The minimum atomic E-state index is -4.95. The maximum absolute atomic E-state index is 13.0. The first-order valence-corrected chi connectivity index (χ1v) is 39.0. The predicted molar refractivity (Wildman–Crippen MR) is 354 cm³/mol. The Labute approximate surface area is 537 Å². The van der Waals surface area contributed by atoms with Gasteiger partial charge in [-0.25, -0.2) is 9.13 Å². The molecule has 0 aromatic heterocycles. The van der Waals surface area contributed by atoms with Crippen LogP contribution in [-0.2, 0) is 65.4 Å². The van der Waals surface area contributed by atoms with E-state index in [0.717, 1.165) is 102 Å². The average Bonchev–Trinajstić information content (AvgIpc) is 3.63.